The van der Waals surface area contributed by atoms with Gasteiger partial charge >= 0.3 is 0 Å². The molecular formula is C16H27N. The smallest absolute Gasteiger partial charge is 0.00747 e. The highest BCUT2D eigenvalue weighted by Crippen LogP contribution is 2.20. The van der Waals surface area contributed by atoms with Crippen LogP contribution >= 0.6 is 0 Å². The molecule has 0 aliphatic carbocycles. The van der Waals surface area contributed by atoms with Crippen molar-refractivity contribution in [2.75, 3.05) is 6.54 Å². The first-order valence-corrected chi connectivity index (χ1v) is 6.96. The van der Waals surface area contributed by atoms with Crippen molar-refractivity contribution in [2.45, 2.75) is 52.4 Å². The third-order valence-electron chi connectivity index (χ3n) is 3.75. The molecule has 0 spiro atoms. The van der Waals surface area contributed by atoms with Crippen LogP contribution in [0.25, 0.3) is 0 Å². The summed E-state index contributed by atoms with van der Waals surface area (Å²) >= 11 is 0. The number of hydrogen-bond donors (Lipinski definition) is 1. The lowest BCUT2D eigenvalue weighted by Gasteiger charge is -2.12. The van der Waals surface area contributed by atoms with Crippen LogP contribution < -0.4 is 5.73 Å². The van der Waals surface area contributed by atoms with Gasteiger partial charge in [0.1, 0.15) is 0 Å². The maximum atomic E-state index is 5.57. The standard InChI is InChI=1S/C16H27N/c1-4-14(3)16-9-7-15(8-10-16)6-5-13(2)11-12-17/h7-10,13-14H,4-6,11-12,17H2,1-3H3. The van der Waals surface area contributed by atoms with E-state index in [1.54, 1.807) is 0 Å². The fourth-order valence-electron chi connectivity index (χ4n) is 2.09. The molecule has 0 fully saturated rings. The first kappa shape index (κ1) is 14.2. The van der Waals surface area contributed by atoms with E-state index in [0.29, 0.717) is 5.92 Å². The van der Waals surface area contributed by atoms with Crippen molar-refractivity contribution in [1.29, 1.82) is 0 Å². The zero-order valence-electron chi connectivity index (χ0n) is 11.6. The number of rotatable bonds is 7. The molecule has 2 unspecified atom stereocenters. The van der Waals surface area contributed by atoms with E-state index in [-0.39, 0.29) is 0 Å². The molecule has 2 N–H and O–H groups in total. The van der Waals surface area contributed by atoms with Gasteiger partial charge in [-0.15, -0.1) is 0 Å². The summed E-state index contributed by atoms with van der Waals surface area (Å²) in [5, 5.41) is 0. The first-order chi connectivity index (χ1) is 8.17. The summed E-state index contributed by atoms with van der Waals surface area (Å²) in [6, 6.07) is 9.15. The quantitative estimate of drug-likeness (QED) is 0.753. The second-order valence-corrected chi connectivity index (χ2v) is 5.27. The van der Waals surface area contributed by atoms with Gasteiger partial charge in [-0.25, -0.2) is 0 Å². The average Bonchev–Trinajstić information content (AvgIpc) is 2.36. The molecule has 0 aromatic heterocycles. The SMILES string of the molecule is CCC(C)c1ccc(CCC(C)CCN)cc1. The molecule has 0 saturated carbocycles. The summed E-state index contributed by atoms with van der Waals surface area (Å²) in [6.07, 6.45) is 4.79. The van der Waals surface area contributed by atoms with Gasteiger partial charge in [0.25, 0.3) is 0 Å². The lowest BCUT2D eigenvalue weighted by atomic mass is 9.94. The summed E-state index contributed by atoms with van der Waals surface area (Å²) in [6.45, 7) is 7.64. The molecule has 96 valence electrons. The molecule has 0 radical (unpaired) electrons. The van der Waals surface area contributed by atoms with Crippen LogP contribution in [0.1, 0.15) is 57.1 Å². The molecule has 0 aliphatic rings. The Kier molecular flexibility index (Phi) is 6.28. The van der Waals surface area contributed by atoms with Gasteiger partial charge in [-0.05, 0) is 55.2 Å². The minimum atomic E-state index is 0.681. The number of aryl methyl sites for hydroxylation is 1. The Balaban J connectivity index is 2.45. The number of benzene rings is 1. The topological polar surface area (TPSA) is 26.0 Å². The summed E-state index contributed by atoms with van der Waals surface area (Å²) in [4.78, 5) is 0. The molecule has 0 heterocycles. The summed E-state index contributed by atoms with van der Waals surface area (Å²) in [7, 11) is 0. The average molecular weight is 233 g/mol. The minimum absolute atomic E-state index is 0.681. The number of hydrogen-bond acceptors (Lipinski definition) is 1. The van der Waals surface area contributed by atoms with Gasteiger partial charge in [0.05, 0.1) is 0 Å². The van der Waals surface area contributed by atoms with E-state index in [1.165, 1.54) is 30.4 Å². The Hall–Kier alpha value is -0.820. The van der Waals surface area contributed by atoms with Gasteiger partial charge < -0.3 is 5.73 Å². The van der Waals surface area contributed by atoms with Crippen LogP contribution in [0.2, 0.25) is 0 Å². The van der Waals surface area contributed by atoms with Crippen LogP contribution in [0.3, 0.4) is 0 Å². The van der Waals surface area contributed by atoms with Crippen molar-refractivity contribution in [2.24, 2.45) is 11.7 Å². The van der Waals surface area contributed by atoms with Crippen molar-refractivity contribution in [1.82, 2.24) is 0 Å². The molecule has 0 bridgehead atoms. The minimum Gasteiger partial charge on any atom is -0.330 e. The zero-order valence-corrected chi connectivity index (χ0v) is 11.6. The molecule has 0 amide bonds. The Morgan fingerprint density at radius 3 is 2.24 bits per heavy atom. The van der Waals surface area contributed by atoms with Crippen molar-refractivity contribution in [3.63, 3.8) is 0 Å². The van der Waals surface area contributed by atoms with E-state index < -0.39 is 0 Å². The highest BCUT2D eigenvalue weighted by atomic mass is 14.5. The summed E-state index contributed by atoms with van der Waals surface area (Å²) in [5.74, 6) is 1.43. The van der Waals surface area contributed by atoms with Crippen LogP contribution in [0.15, 0.2) is 24.3 Å². The van der Waals surface area contributed by atoms with Crippen LogP contribution in [0.5, 0.6) is 0 Å². The Morgan fingerprint density at radius 2 is 1.71 bits per heavy atom. The molecule has 1 rings (SSSR count). The lowest BCUT2D eigenvalue weighted by Crippen LogP contribution is -2.06. The first-order valence-electron chi connectivity index (χ1n) is 6.96. The molecule has 0 saturated heterocycles. The summed E-state index contributed by atoms with van der Waals surface area (Å²) < 4.78 is 0. The van der Waals surface area contributed by atoms with E-state index in [9.17, 15) is 0 Å². The molecule has 0 aliphatic heterocycles. The summed E-state index contributed by atoms with van der Waals surface area (Å²) in [5.41, 5.74) is 8.49. The molecule has 1 heteroatoms. The third-order valence-corrected chi connectivity index (χ3v) is 3.75. The van der Waals surface area contributed by atoms with E-state index in [2.05, 4.69) is 45.0 Å². The second kappa shape index (κ2) is 7.50. The van der Waals surface area contributed by atoms with E-state index in [4.69, 9.17) is 5.73 Å². The Morgan fingerprint density at radius 1 is 1.06 bits per heavy atom. The molecule has 2 atom stereocenters. The van der Waals surface area contributed by atoms with Gasteiger partial charge in [-0.2, -0.15) is 0 Å². The molecular weight excluding hydrogens is 206 g/mol. The Bertz CT molecular complexity index is 302. The zero-order chi connectivity index (χ0) is 12.7. The fourth-order valence-corrected chi connectivity index (χ4v) is 2.09. The van der Waals surface area contributed by atoms with Gasteiger partial charge in [0.15, 0.2) is 0 Å². The highest BCUT2D eigenvalue weighted by molar-refractivity contribution is 5.25. The van der Waals surface area contributed by atoms with Gasteiger partial charge in [0.2, 0.25) is 0 Å². The van der Waals surface area contributed by atoms with Crippen molar-refractivity contribution >= 4 is 0 Å². The number of nitrogens with two attached hydrogens (primary N) is 1. The maximum Gasteiger partial charge on any atom is -0.00747 e. The second-order valence-electron chi connectivity index (χ2n) is 5.27. The van der Waals surface area contributed by atoms with Gasteiger partial charge in [-0.3, -0.25) is 0 Å². The normalized spacial score (nSPS) is 14.6. The van der Waals surface area contributed by atoms with E-state index >= 15 is 0 Å². The van der Waals surface area contributed by atoms with Crippen molar-refractivity contribution in [3.05, 3.63) is 35.4 Å². The van der Waals surface area contributed by atoms with Crippen molar-refractivity contribution in [3.8, 4) is 0 Å². The molecule has 17 heavy (non-hydrogen) atoms. The lowest BCUT2D eigenvalue weighted by molar-refractivity contribution is 0.499. The Labute approximate surface area is 106 Å². The monoisotopic (exact) mass is 233 g/mol. The molecule has 1 aromatic carbocycles. The molecule has 1 nitrogen and oxygen atoms in total. The largest absolute Gasteiger partial charge is 0.330 e. The van der Waals surface area contributed by atoms with E-state index in [0.717, 1.165) is 18.9 Å². The van der Waals surface area contributed by atoms with E-state index in [1.807, 2.05) is 0 Å². The third kappa shape index (κ3) is 4.91. The van der Waals surface area contributed by atoms with Crippen LogP contribution in [-0.4, -0.2) is 6.54 Å². The van der Waals surface area contributed by atoms with Gasteiger partial charge in [0, 0.05) is 0 Å². The van der Waals surface area contributed by atoms with Crippen LogP contribution in [0.4, 0.5) is 0 Å². The predicted octanol–water partition coefficient (Wildman–Crippen LogP) is 4.12. The van der Waals surface area contributed by atoms with Crippen LogP contribution in [0, 0.1) is 5.92 Å². The maximum absolute atomic E-state index is 5.57. The van der Waals surface area contributed by atoms with Gasteiger partial charge in [-0.1, -0.05) is 45.0 Å². The van der Waals surface area contributed by atoms with Crippen LogP contribution in [-0.2, 0) is 6.42 Å². The molecule has 1 aromatic rings. The van der Waals surface area contributed by atoms with Crippen molar-refractivity contribution < 1.29 is 0 Å². The highest BCUT2D eigenvalue weighted by Gasteiger charge is 2.04. The fraction of sp³-hybridized carbons (Fsp3) is 0.625. The predicted molar refractivity (Wildman–Crippen MR) is 76.3 cm³/mol.